The van der Waals surface area contributed by atoms with Crippen LogP contribution in [0.2, 0.25) is 0 Å². The molecule has 1 atom stereocenters. The Balaban J connectivity index is 1.48. The first-order valence-electron chi connectivity index (χ1n) is 11.8. The first-order chi connectivity index (χ1) is 14.6. The molecule has 0 aromatic carbocycles. The Morgan fingerprint density at radius 2 is 1.73 bits per heavy atom. The molecular weight excluding hydrogens is 378 g/mol. The highest BCUT2D eigenvalue weighted by Gasteiger charge is 2.51. The number of nitrogens with zero attached hydrogens (tertiary/aromatic N) is 2. The van der Waals surface area contributed by atoms with Gasteiger partial charge in [0.25, 0.3) is 5.91 Å². The topological polar surface area (TPSA) is 67.5 Å². The van der Waals surface area contributed by atoms with Crippen molar-refractivity contribution >= 4 is 22.9 Å². The Kier molecular flexibility index (Phi) is 5.11. The molecule has 0 unspecified atom stereocenters. The van der Waals surface area contributed by atoms with Gasteiger partial charge in [0.05, 0.1) is 18.3 Å². The third-order valence-electron chi connectivity index (χ3n) is 7.58. The van der Waals surface area contributed by atoms with Crippen LogP contribution in [0.5, 0.6) is 0 Å². The number of carbonyl (C=O) groups excluding carboxylic acids is 2. The Morgan fingerprint density at radius 1 is 1.07 bits per heavy atom. The molecule has 2 aliphatic carbocycles. The maximum absolute atomic E-state index is 13.8. The Bertz CT molecular complexity index is 931. The summed E-state index contributed by atoms with van der Waals surface area (Å²) < 4.78 is 7.55. The summed E-state index contributed by atoms with van der Waals surface area (Å²) >= 11 is 0. The number of nitrogens with one attached hydrogen (secondary N) is 1. The second-order valence-electron chi connectivity index (χ2n) is 9.69. The van der Waals surface area contributed by atoms with E-state index in [4.69, 9.17) is 4.42 Å². The van der Waals surface area contributed by atoms with Gasteiger partial charge in [-0.1, -0.05) is 44.9 Å². The van der Waals surface area contributed by atoms with Gasteiger partial charge in [-0.25, -0.2) is 0 Å². The quantitative estimate of drug-likeness (QED) is 0.801. The Hall–Kier alpha value is -2.24. The van der Waals surface area contributed by atoms with Crippen molar-refractivity contribution in [2.75, 3.05) is 0 Å². The predicted molar refractivity (Wildman–Crippen MR) is 115 cm³/mol. The second-order valence-corrected chi connectivity index (χ2v) is 9.69. The summed E-state index contributed by atoms with van der Waals surface area (Å²) in [5.41, 5.74) is 1.38. The highest BCUT2D eigenvalue weighted by atomic mass is 16.3. The van der Waals surface area contributed by atoms with Gasteiger partial charge in [-0.05, 0) is 32.6 Å². The van der Waals surface area contributed by atoms with E-state index in [2.05, 4.69) is 5.32 Å². The zero-order valence-corrected chi connectivity index (χ0v) is 18.0. The molecule has 2 aromatic heterocycles. The summed E-state index contributed by atoms with van der Waals surface area (Å²) in [5.74, 6) is -0.0285. The van der Waals surface area contributed by atoms with Gasteiger partial charge in [0.15, 0.2) is 5.58 Å². The van der Waals surface area contributed by atoms with Crippen LogP contribution in [0, 0.1) is 0 Å². The van der Waals surface area contributed by atoms with Crippen molar-refractivity contribution in [1.82, 2.24) is 14.8 Å². The van der Waals surface area contributed by atoms with Gasteiger partial charge in [0, 0.05) is 24.2 Å². The Morgan fingerprint density at radius 3 is 2.47 bits per heavy atom. The van der Waals surface area contributed by atoms with Crippen molar-refractivity contribution in [3.63, 3.8) is 0 Å². The molecule has 0 saturated heterocycles. The summed E-state index contributed by atoms with van der Waals surface area (Å²) in [4.78, 5) is 29.4. The van der Waals surface area contributed by atoms with Crippen molar-refractivity contribution in [2.45, 2.75) is 102 Å². The minimum Gasteiger partial charge on any atom is -0.463 e. The zero-order chi connectivity index (χ0) is 20.7. The van der Waals surface area contributed by atoms with Gasteiger partial charge in [-0.2, -0.15) is 0 Å². The maximum atomic E-state index is 13.8. The molecule has 6 nitrogen and oxygen atoms in total. The monoisotopic (exact) mass is 411 g/mol. The average Bonchev–Trinajstić information content (AvgIpc) is 3.42. The number of aromatic nitrogens is 1. The second kappa shape index (κ2) is 7.78. The van der Waals surface area contributed by atoms with Crippen molar-refractivity contribution in [3.8, 4) is 0 Å². The number of hydrogen-bond acceptors (Lipinski definition) is 3. The van der Waals surface area contributed by atoms with Crippen molar-refractivity contribution < 1.29 is 14.0 Å². The van der Waals surface area contributed by atoms with Crippen LogP contribution in [0.25, 0.3) is 11.1 Å². The normalized spacial score (nSPS) is 26.6. The SMILES string of the molecule is C[C@]1(C(=O)NC2CCCCCCC2)Cn2c(cc3occc32)C(=O)N1C1CCCC1. The fraction of sp³-hybridized carbons (Fsp3) is 0.667. The zero-order valence-electron chi connectivity index (χ0n) is 18.0. The van der Waals surface area contributed by atoms with E-state index in [1.54, 1.807) is 6.26 Å². The lowest BCUT2D eigenvalue weighted by molar-refractivity contribution is -0.135. The molecule has 3 heterocycles. The van der Waals surface area contributed by atoms with Gasteiger partial charge in [-0.3, -0.25) is 9.59 Å². The van der Waals surface area contributed by atoms with Gasteiger partial charge >= 0.3 is 0 Å². The van der Waals surface area contributed by atoms with Crippen LogP contribution >= 0.6 is 0 Å². The van der Waals surface area contributed by atoms with Gasteiger partial charge in [0.1, 0.15) is 11.2 Å². The summed E-state index contributed by atoms with van der Waals surface area (Å²) in [5, 5.41) is 3.37. The first kappa shape index (κ1) is 19.7. The molecule has 0 spiro atoms. The number of amides is 2. The summed E-state index contributed by atoms with van der Waals surface area (Å²) in [7, 11) is 0. The molecule has 5 rings (SSSR count). The highest BCUT2D eigenvalue weighted by Crippen LogP contribution is 2.38. The largest absolute Gasteiger partial charge is 0.463 e. The third kappa shape index (κ3) is 3.25. The van der Waals surface area contributed by atoms with Crippen molar-refractivity contribution in [2.24, 2.45) is 0 Å². The van der Waals surface area contributed by atoms with Gasteiger partial charge in [0.2, 0.25) is 5.91 Å². The van der Waals surface area contributed by atoms with Crippen LogP contribution in [0.15, 0.2) is 22.8 Å². The summed E-state index contributed by atoms with van der Waals surface area (Å²) in [6.07, 6.45) is 14.1. The van der Waals surface area contributed by atoms with E-state index in [1.165, 1.54) is 32.1 Å². The van der Waals surface area contributed by atoms with Crippen LogP contribution in [0.3, 0.4) is 0 Å². The molecule has 2 aromatic rings. The van der Waals surface area contributed by atoms with Gasteiger partial charge < -0.3 is 19.2 Å². The van der Waals surface area contributed by atoms with E-state index < -0.39 is 5.54 Å². The van der Waals surface area contributed by atoms with Crippen molar-refractivity contribution in [1.29, 1.82) is 0 Å². The van der Waals surface area contributed by atoms with Crippen LogP contribution in [-0.2, 0) is 11.3 Å². The molecule has 30 heavy (non-hydrogen) atoms. The number of furan rings is 1. The van der Waals surface area contributed by atoms with Crippen LogP contribution in [-0.4, -0.2) is 38.9 Å². The fourth-order valence-corrected chi connectivity index (χ4v) is 5.91. The van der Waals surface area contributed by atoms with Crippen molar-refractivity contribution in [3.05, 3.63) is 24.1 Å². The molecule has 0 bridgehead atoms. The first-order valence-corrected chi connectivity index (χ1v) is 11.8. The number of rotatable bonds is 3. The molecule has 3 aliphatic rings. The molecule has 6 heteroatoms. The smallest absolute Gasteiger partial charge is 0.271 e. The molecular formula is C24H33N3O3. The summed E-state index contributed by atoms with van der Waals surface area (Å²) in [6, 6.07) is 4.09. The van der Waals surface area contributed by atoms with E-state index in [0.717, 1.165) is 49.6 Å². The standard InChI is InChI=1S/C24H33N3O3/c1-24(23(29)25-17-9-5-3-2-4-6-10-17)16-26-19-13-14-30-21(19)15-20(26)22(28)27(24)18-11-7-8-12-18/h13-15,17-18H,2-12,16H2,1H3,(H,25,29)/t24-/m1/s1. The van der Waals surface area contributed by atoms with Gasteiger partial charge in [-0.15, -0.1) is 0 Å². The van der Waals surface area contributed by atoms with Crippen LogP contribution in [0.1, 0.15) is 88.0 Å². The molecule has 162 valence electrons. The minimum atomic E-state index is -0.884. The van der Waals surface area contributed by atoms with Crippen LogP contribution < -0.4 is 5.32 Å². The maximum Gasteiger partial charge on any atom is 0.271 e. The highest BCUT2D eigenvalue weighted by molar-refractivity contribution is 6.03. The molecule has 1 N–H and O–H groups in total. The lowest BCUT2D eigenvalue weighted by Gasteiger charge is -2.47. The molecule has 2 fully saturated rings. The fourth-order valence-electron chi connectivity index (χ4n) is 5.91. The summed E-state index contributed by atoms with van der Waals surface area (Å²) in [6.45, 7) is 2.45. The molecule has 1 aliphatic heterocycles. The lowest BCUT2D eigenvalue weighted by Crippen LogP contribution is -2.67. The van der Waals surface area contributed by atoms with E-state index in [1.807, 2.05) is 28.5 Å². The van der Waals surface area contributed by atoms with E-state index >= 15 is 0 Å². The number of fused-ring (bicyclic) bond motifs is 3. The molecule has 0 radical (unpaired) electrons. The minimum absolute atomic E-state index is 0.00400. The predicted octanol–water partition coefficient (Wildman–Crippen LogP) is 4.62. The number of carbonyl (C=O) groups is 2. The van der Waals surface area contributed by atoms with E-state index in [0.29, 0.717) is 12.2 Å². The third-order valence-corrected chi connectivity index (χ3v) is 7.58. The lowest BCUT2D eigenvalue weighted by atomic mass is 9.90. The van der Waals surface area contributed by atoms with E-state index in [-0.39, 0.29) is 23.9 Å². The van der Waals surface area contributed by atoms with E-state index in [9.17, 15) is 9.59 Å². The Labute approximate surface area is 178 Å². The molecule has 2 amide bonds. The van der Waals surface area contributed by atoms with Crippen LogP contribution in [0.4, 0.5) is 0 Å². The number of hydrogen-bond donors (Lipinski definition) is 1. The average molecular weight is 412 g/mol. The molecule has 2 saturated carbocycles.